The molecular formula is C16H19NO4. The second-order valence-electron chi connectivity index (χ2n) is 5.88. The van der Waals surface area contributed by atoms with Gasteiger partial charge in [-0.05, 0) is 30.7 Å². The molecule has 1 amide bonds. The molecule has 2 saturated heterocycles. The number of ether oxygens (including phenoxy) is 1. The number of hydrogen-bond acceptors (Lipinski definition) is 3. The number of rotatable bonds is 3. The monoisotopic (exact) mass is 289 g/mol. The predicted molar refractivity (Wildman–Crippen MR) is 75.6 cm³/mol. The van der Waals surface area contributed by atoms with E-state index in [0.717, 1.165) is 18.4 Å². The van der Waals surface area contributed by atoms with Gasteiger partial charge < -0.3 is 14.7 Å². The summed E-state index contributed by atoms with van der Waals surface area (Å²) in [7, 11) is 0. The maximum atomic E-state index is 12.2. The minimum atomic E-state index is -0.801. The van der Waals surface area contributed by atoms with Gasteiger partial charge in [-0.3, -0.25) is 4.79 Å². The molecule has 1 aromatic rings. The predicted octanol–water partition coefficient (Wildman–Crippen LogP) is 2.51. The molecule has 0 aromatic heterocycles. The van der Waals surface area contributed by atoms with Crippen LogP contribution in [0.15, 0.2) is 30.3 Å². The Labute approximate surface area is 123 Å². The van der Waals surface area contributed by atoms with Crippen LogP contribution in [0, 0.1) is 11.8 Å². The molecule has 3 fully saturated rings. The Balaban J connectivity index is 1.63. The molecule has 0 unspecified atom stereocenters. The Kier molecular flexibility index (Phi) is 3.82. The number of amides is 1. The summed E-state index contributed by atoms with van der Waals surface area (Å²) >= 11 is 0. The zero-order chi connectivity index (χ0) is 14.8. The zero-order valence-electron chi connectivity index (χ0n) is 11.8. The third kappa shape index (κ3) is 2.86. The molecule has 5 heteroatoms. The zero-order valence-corrected chi connectivity index (χ0v) is 11.8. The largest absolute Gasteiger partial charge is 0.481 e. The van der Waals surface area contributed by atoms with Crippen LogP contribution in [0.3, 0.4) is 0 Å². The first-order valence-corrected chi connectivity index (χ1v) is 7.35. The smallest absolute Gasteiger partial charge is 0.410 e. The van der Waals surface area contributed by atoms with E-state index in [-0.39, 0.29) is 18.7 Å². The van der Waals surface area contributed by atoms with Gasteiger partial charge >= 0.3 is 12.1 Å². The lowest BCUT2D eigenvalue weighted by Crippen LogP contribution is -2.57. The van der Waals surface area contributed by atoms with Crippen LogP contribution < -0.4 is 0 Å². The second kappa shape index (κ2) is 5.76. The van der Waals surface area contributed by atoms with Crippen LogP contribution in [0.5, 0.6) is 0 Å². The fourth-order valence-corrected chi connectivity index (χ4v) is 3.47. The first-order chi connectivity index (χ1) is 10.1. The molecule has 3 aliphatic rings. The van der Waals surface area contributed by atoms with Gasteiger partial charge in [0.1, 0.15) is 6.61 Å². The van der Waals surface area contributed by atoms with Crippen LogP contribution in [-0.4, -0.2) is 34.7 Å². The molecule has 5 nitrogen and oxygen atoms in total. The van der Waals surface area contributed by atoms with E-state index in [0.29, 0.717) is 18.9 Å². The third-order valence-electron chi connectivity index (χ3n) is 4.53. The molecule has 112 valence electrons. The molecule has 2 bridgehead atoms. The molecule has 4 rings (SSSR count). The van der Waals surface area contributed by atoms with Gasteiger partial charge in [0.15, 0.2) is 0 Å². The summed E-state index contributed by atoms with van der Waals surface area (Å²) < 4.78 is 5.34. The topological polar surface area (TPSA) is 66.8 Å². The number of carbonyl (C=O) groups is 2. The quantitative estimate of drug-likeness (QED) is 0.928. The van der Waals surface area contributed by atoms with Gasteiger partial charge in [0.05, 0.1) is 5.92 Å². The van der Waals surface area contributed by atoms with Crippen molar-refractivity contribution in [3.63, 3.8) is 0 Å². The molecule has 3 atom stereocenters. The third-order valence-corrected chi connectivity index (χ3v) is 4.53. The number of carboxylic acids is 1. The van der Waals surface area contributed by atoms with Gasteiger partial charge in [-0.25, -0.2) is 4.79 Å². The lowest BCUT2D eigenvalue weighted by molar-refractivity contribution is -0.149. The van der Waals surface area contributed by atoms with Gasteiger partial charge in [0, 0.05) is 12.6 Å². The first-order valence-electron chi connectivity index (χ1n) is 7.35. The number of nitrogens with zero attached hydrogens (tertiary/aromatic N) is 1. The van der Waals surface area contributed by atoms with E-state index < -0.39 is 11.9 Å². The normalized spacial score (nSPS) is 27.4. The average Bonchev–Trinajstić information content (AvgIpc) is 2.53. The SMILES string of the molecule is O=C(O)[C@H]1C[C@H]2CC[C@H]1N(C(=O)OCc1ccccc1)C2. The van der Waals surface area contributed by atoms with Crippen molar-refractivity contribution < 1.29 is 19.4 Å². The number of carbonyl (C=O) groups excluding carboxylic acids is 1. The minimum Gasteiger partial charge on any atom is -0.481 e. The Morgan fingerprint density at radius 3 is 2.67 bits per heavy atom. The van der Waals surface area contributed by atoms with Crippen molar-refractivity contribution >= 4 is 12.1 Å². The number of aliphatic carboxylic acids is 1. The number of benzene rings is 1. The van der Waals surface area contributed by atoms with E-state index in [2.05, 4.69) is 0 Å². The molecule has 2 heterocycles. The molecule has 1 N–H and O–H groups in total. The number of carboxylic acid groups (broad SMARTS) is 1. The van der Waals surface area contributed by atoms with Gasteiger partial charge in [-0.1, -0.05) is 30.3 Å². The van der Waals surface area contributed by atoms with Crippen molar-refractivity contribution in [1.82, 2.24) is 4.90 Å². The summed E-state index contributed by atoms with van der Waals surface area (Å²) in [6.45, 7) is 0.855. The van der Waals surface area contributed by atoms with Crippen molar-refractivity contribution in [2.75, 3.05) is 6.54 Å². The summed E-state index contributed by atoms with van der Waals surface area (Å²) in [6, 6.07) is 9.28. The highest BCUT2D eigenvalue weighted by Gasteiger charge is 2.46. The first kappa shape index (κ1) is 13.9. The Hall–Kier alpha value is -2.04. The molecule has 1 saturated carbocycles. The summed E-state index contributed by atoms with van der Waals surface area (Å²) in [5, 5.41) is 9.29. The fraction of sp³-hybridized carbons (Fsp3) is 0.500. The summed E-state index contributed by atoms with van der Waals surface area (Å²) in [5.41, 5.74) is 0.933. The van der Waals surface area contributed by atoms with Crippen LogP contribution in [0.4, 0.5) is 4.79 Å². The maximum absolute atomic E-state index is 12.2. The van der Waals surface area contributed by atoms with E-state index in [1.54, 1.807) is 4.90 Å². The van der Waals surface area contributed by atoms with E-state index in [4.69, 9.17) is 4.74 Å². The maximum Gasteiger partial charge on any atom is 0.410 e. The van der Waals surface area contributed by atoms with E-state index in [1.165, 1.54) is 0 Å². The Bertz CT molecular complexity index is 530. The van der Waals surface area contributed by atoms with E-state index in [1.807, 2.05) is 30.3 Å². The van der Waals surface area contributed by atoms with Gasteiger partial charge in [0.25, 0.3) is 0 Å². The van der Waals surface area contributed by atoms with Crippen molar-refractivity contribution in [3.05, 3.63) is 35.9 Å². The Morgan fingerprint density at radius 1 is 1.24 bits per heavy atom. The molecule has 0 radical (unpaired) electrons. The highest BCUT2D eigenvalue weighted by atomic mass is 16.6. The van der Waals surface area contributed by atoms with Crippen LogP contribution in [0.1, 0.15) is 24.8 Å². The van der Waals surface area contributed by atoms with Crippen LogP contribution >= 0.6 is 0 Å². The van der Waals surface area contributed by atoms with Crippen molar-refractivity contribution in [2.45, 2.75) is 31.9 Å². The minimum absolute atomic E-state index is 0.212. The van der Waals surface area contributed by atoms with Crippen LogP contribution in [-0.2, 0) is 16.1 Å². The standard InChI is InChI=1S/C16H19NO4/c18-15(19)13-8-12-6-7-14(13)17(9-12)16(20)21-10-11-4-2-1-3-5-11/h1-5,12-14H,6-10H2,(H,18,19)/t12-,13+,14-/m1/s1. The average molecular weight is 289 g/mol. The lowest BCUT2D eigenvalue weighted by atomic mass is 9.73. The summed E-state index contributed by atoms with van der Waals surface area (Å²) in [6.07, 6.45) is 2.07. The Morgan fingerprint density at radius 2 is 2.00 bits per heavy atom. The number of fused-ring (bicyclic) bond motifs is 3. The van der Waals surface area contributed by atoms with Crippen LogP contribution in [0.25, 0.3) is 0 Å². The fourth-order valence-electron chi connectivity index (χ4n) is 3.47. The van der Waals surface area contributed by atoms with Crippen molar-refractivity contribution in [2.24, 2.45) is 11.8 Å². The van der Waals surface area contributed by atoms with Crippen molar-refractivity contribution in [1.29, 1.82) is 0 Å². The molecule has 1 aliphatic carbocycles. The van der Waals surface area contributed by atoms with Crippen LogP contribution in [0.2, 0.25) is 0 Å². The summed E-state index contributed by atoms with van der Waals surface area (Å²) in [4.78, 5) is 25.2. The highest BCUT2D eigenvalue weighted by molar-refractivity contribution is 5.74. The second-order valence-corrected chi connectivity index (χ2v) is 5.88. The number of hydrogen-bond donors (Lipinski definition) is 1. The molecule has 2 aliphatic heterocycles. The molecular weight excluding hydrogens is 270 g/mol. The highest BCUT2D eigenvalue weighted by Crippen LogP contribution is 2.39. The molecule has 0 spiro atoms. The van der Waals surface area contributed by atoms with E-state index in [9.17, 15) is 14.7 Å². The molecule has 21 heavy (non-hydrogen) atoms. The van der Waals surface area contributed by atoms with Crippen molar-refractivity contribution in [3.8, 4) is 0 Å². The summed E-state index contributed by atoms with van der Waals surface area (Å²) in [5.74, 6) is -0.951. The molecule has 1 aromatic carbocycles. The lowest BCUT2D eigenvalue weighted by Gasteiger charge is -2.47. The van der Waals surface area contributed by atoms with E-state index >= 15 is 0 Å². The van der Waals surface area contributed by atoms with Gasteiger partial charge in [-0.15, -0.1) is 0 Å². The number of piperidine rings is 2. The van der Waals surface area contributed by atoms with Gasteiger partial charge in [0.2, 0.25) is 0 Å². The van der Waals surface area contributed by atoms with Gasteiger partial charge in [-0.2, -0.15) is 0 Å².